The number of hydrogen-bond donors (Lipinski definition) is 1. The van der Waals surface area contributed by atoms with Crippen LogP contribution in [0.2, 0.25) is 5.02 Å². The number of benzene rings is 2. The zero-order valence-corrected chi connectivity index (χ0v) is 13.2. The molecule has 0 atom stereocenters. The summed E-state index contributed by atoms with van der Waals surface area (Å²) >= 11 is 9.39. The zero-order valence-electron chi connectivity index (χ0n) is 10.8. The minimum Gasteiger partial charge on any atom is -0.493 e. The molecule has 3 nitrogen and oxygen atoms in total. The monoisotopic (exact) mass is 353 g/mol. The molecule has 0 aliphatic rings. The Balaban J connectivity index is 2.29. The van der Waals surface area contributed by atoms with Crippen LogP contribution in [0, 0.1) is 0 Å². The van der Waals surface area contributed by atoms with Crippen LogP contribution in [0.3, 0.4) is 0 Å². The normalized spacial score (nSPS) is 10.2. The summed E-state index contributed by atoms with van der Waals surface area (Å²) in [6.07, 6.45) is 0. The molecule has 0 saturated carbocycles. The predicted octanol–water partition coefficient (Wildman–Crippen LogP) is 4.75. The number of amides is 1. The number of nitrogens with one attached hydrogen (secondary N) is 1. The molecule has 0 radical (unpaired) electrons. The Hall–Kier alpha value is -1.52. The standard InChI is InChI=1S/C15H13BrClNO2/c1-2-20-14-8-7-10(16)9-11(14)15(19)18-13-6-4-3-5-12(13)17/h3-9H,2H2,1H3,(H,18,19). The lowest BCUT2D eigenvalue weighted by Gasteiger charge is -2.11. The molecule has 2 rings (SSSR count). The van der Waals surface area contributed by atoms with E-state index in [1.54, 1.807) is 24.3 Å². The third kappa shape index (κ3) is 3.52. The van der Waals surface area contributed by atoms with Crippen molar-refractivity contribution in [3.05, 3.63) is 57.5 Å². The third-order valence-electron chi connectivity index (χ3n) is 2.61. The molecule has 0 saturated heterocycles. The topological polar surface area (TPSA) is 38.3 Å². The van der Waals surface area contributed by atoms with Crippen LogP contribution >= 0.6 is 27.5 Å². The lowest BCUT2D eigenvalue weighted by molar-refractivity contribution is 0.102. The number of para-hydroxylation sites is 1. The lowest BCUT2D eigenvalue weighted by atomic mass is 10.2. The number of anilines is 1. The fourth-order valence-corrected chi connectivity index (χ4v) is 2.26. The molecule has 0 aromatic heterocycles. The summed E-state index contributed by atoms with van der Waals surface area (Å²) in [5.74, 6) is 0.281. The van der Waals surface area contributed by atoms with E-state index >= 15 is 0 Å². The second-order valence-corrected chi connectivity index (χ2v) is 5.33. The van der Waals surface area contributed by atoms with E-state index in [0.717, 1.165) is 4.47 Å². The molecule has 5 heteroatoms. The summed E-state index contributed by atoms with van der Waals surface area (Å²) in [6, 6.07) is 12.4. The first-order chi connectivity index (χ1) is 9.61. The Kier molecular flexibility index (Phi) is 5.04. The van der Waals surface area contributed by atoms with Gasteiger partial charge in [0.1, 0.15) is 5.75 Å². The summed E-state index contributed by atoms with van der Waals surface area (Å²) in [7, 11) is 0. The van der Waals surface area contributed by atoms with Crippen LogP contribution in [0.4, 0.5) is 5.69 Å². The van der Waals surface area contributed by atoms with Gasteiger partial charge in [-0.15, -0.1) is 0 Å². The fourth-order valence-electron chi connectivity index (χ4n) is 1.71. The van der Waals surface area contributed by atoms with Crippen molar-refractivity contribution in [1.82, 2.24) is 0 Å². The molecule has 0 bridgehead atoms. The van der Waals surface area contributed by atoms with Crippen LogP contribution in [-0.4, -0.2) is 12.5 Å². The van der Waals surface area contributed by atoms with Gasteiger partial charge in [-0.3, -0.25) is 4.79 Å². The van der Waals surface area contributed by atoms with Crippen molar-refractivity contribution in [2.45, 2.75) is 6.92 Å². The third-order valence-corrected chi connectivity index (χ3v) is 3.43. The van der Waals surface area contributed by atoms with Crippen LogP contribution in [0.5, 0.6) is 5.75 Å². The maximum atomic E-state index is 12.3. The smallest absolute Gasteiger partial charge is 0.259 e. The molecule has 0 spiro atoms. The number of hydrogen-bond acceptors (Lipinski definition) is 2. The average molecular weight is 355 g/mol. The second kappa shape index (κ2) is 6.77. The van der Waals surface area contributed by atoms with Gasteiger partial charge >= 0.3 is 0 Å². The Morgan fingerprint density at radius 1 is 1.30 bits per heavy atom. The van der Waals surface area contributed by atoms with Gasteiger partial charge in [0.25, 0.3) is 5.91 Å². The van der Waals surface area contributed by atoms with Gasteiger partial charge in [0, 0.05) is 4.47 Å². The van der Waals surface area contributed by atoms with Crippen molar-refractivity contribution in [2.24, 2.45) is 0 Å². The van der Waals surface area contributed by atoms with E-state index < -0.39 is 0 Å². The van der Waals surface area contributed by atoms with Crippen molar-refractivity contribution in [3.63, 3.8) is 0 Å². The molecule has 104 valence electrons. The highest BCUT2D eigenvalue weighted by atomic mass is 79.9. The molecule has 1 N–H and O–H groups in total. The summed E-state index contributed by atoms with van der Waals surface area (Å²) in [5.41, 5.74) is 1.03. The molecule has 20 heavy (non-hydrogen) atoms. The van der Waals surface area contributed by atoms with E-state index in [0.29, 0.717) is 28.6 Å². The van der Waals surface area contributed by atoms with Crippen LogP contribution in [0.1, 0.15) is 17.3 Å². The lowest BCUT2D eigenvalue weighted by Crippen LogP contribution is -2.14. The minimum atomic E-state index is -0.261. The van der Waals surface area contributed by atoms with Gasteiger partial charge in [0.15, 0.2) is 0 Å². The first-order valence-electron chi connectivity index (χ1n) is 6.10. The van der Waals surface area contributed by atoms with E-state index in [9.17, 15) is 4.79 Å². The number of halogens is 2. The summed E-state index contributed by atoms with van der Waals surface area (Å²) in [6.45, 7) is 2.37. The average Bonchev–Trinajstić information content (AvgIpc) is 2.43. The SMILES string of the molecule is CCOc1ccc(Br)cc1C(=O)Nc1ccccc1Cl. The number of rotatable bonds is 4. The molecule has 2 aromatic rings. The maximum absolute atomic E-state index is 12.3. The molecule has 0 fully saturated rings. The number of carbonyl (C=O) groups excluding carboxylic acids is 1. The molecular formula is C15H13BrClNO2. The highest BCUT2D eigenvalue weighted by Gasteiger charge is 2.14. The molecule has 0 heterocycles. The number of carbonyl (C=O) groups is 1. The highest BCUT2D eigenvalue weighted by molar-refractivity contribution is 9.10. The predicted molar refractivity (Wildman–Crippen MR) is 84.7 cm³/mol. The van der Waals surface area contributed by atoms with Gasteiger partial charge in [-0.25, -0.2) is 0 Å². The Morgan fingerprint density at radius 3 is 2.75 bits per heavy atom. The highest BCUT2D eigenvalue weighted by Crippen LogP contribution is 2.26. The minimum absolute atomic E-state index is 0.261. The Morgan fingerprint density at radius 2 is 2.05 bits per heavy atom. The van der Waals surface area contributed by atoms with Gasteiger partial charge in [0.2, 0.25) is 0 Å². The quantitative estimate of drug-likeness (QED) is 0.860. The van der Waals surface area contributed by atoms with Gasteiger partial charge < -0.3 is 10.1 Å². The van der Waals surface area contributed by atoms with Crippen LogP contribution in [0.15, 0.2) is 46.9 Å². The van der Waals surface area contributed by atoms with E-state index in [2.05, 4.69) is 21.2 Å². The van der Waals surface area contributed by atoms with Crippen LogP contribution < -0.4 is 10.1 Å². The Labute approximate surface area is 131 Å². The summed E-state index contributed by atoms with van der Waals surface area (Å²) in [4.78, 5) is 12.3. The maximum Gasteiger partial charge on any atom is 0.259 e. The molecule has 0 aliphatic heterocycles. The van der Waals surface area contributed by atoms with Crippen molar-refractivity contribution in [3.8, 4) is 5.75 Å². The van der Waals surface area contributed by atoms with Gasteiger partial charge in [-0.1, -0.05) is 39.7 Å². The van der Waals surface area contributed by atoms with E-state index in [4.69, 9.17) is 16.3 Å². The molecule has 0 aliphatic carbocycles. The summed E-state index contributed by atoms with van der Waals surface area (Å²) < 4.78 is 6.28. The van der Waals surface area contributed by atoms with Gasteiger partial charge in [0.05, 0.1) is 22.9 Å². The van der Waals surface area contributed by atoms with Crippen LogP contribution in [-0.2, 0) is 0 Å². The van der Waals surface area contributed by atoms with E-state index in [-0.39, 0.29) is 5.91 Å². The molecule has 0 unspecified atom stereocenters. The van der Waals surface area contributed by atoms with E-state index in [1.165, 1.54) is 0 Å². The van der Waals surface area contributed by atoms with Crippen molar-refractivity contribution in [2.75, 3.05) is 11.9 Å². The molecule has 2 aromatic carbocycles. The van der Waals surface area contributed by atoms with Crippen molar-refractivity contribution < 1.29 is 9.53 Å². The molecular weight excluding hydrogens is 342 g/mol. The number of ether oxygens (including phenoxy) is 1. The zero-order chi connectivity index (χ0) is 14.5. The Bertz CT molecular complexity index is 631. The van der Waals surface area contributed by atoms with Gasteiger partial charge in [-0.2, -0.15) is 0 Å². The van der Waals surface area contributed by atoms with Gasteiger partial charge in [-0.05, 0) is 37.3 Å². The first kappa shape index (κ1) is 14.9. The molecule has 1 amide bonds. The first-order valence-corrected chi connectivity index (χ1v) is 7.27. The summed E-state index contributed by atoms with van der Waals surface area (Å²) in [5, 5.41) is 3.28. The second-order valence-electron chi connectivity index (χ2n) is 4.01. The van der Waals surface area contributed by atoms with Crippen LogP contribution in [0.25, 0.3) is 0 Å². The van der Waals surface area contributed by atoms with Crippen molar-refractivity contribution in [1.29, 1.82) is 0 Å². The fraction of sp³-hybridized carbons (Fsp3) is 0.133. The van der Waals surface area contributed by atoms with Crippen molar-refractivity contribution >= 4 is 39.1 Å². The largest absolute Gasteiger partial charge is 0.493 e. The van der Waals surface area contributed by atoms with E-state index in [1.807, 2.05) is 25.1 Å².